The Morgan fingerprint density at radius 2 is 2.00 bits per heavy atom. The SMILES string of the molecule is N=C(N)C1CCCC1NS(=O)(=O)NCC(F)(F)F. The summed E-state index contributed by atoms with van der Waals surface area (Å²) in [6.45, 7) is -1.63. The fourth-order valence-corrected chi connectivity index (χ4v) is 3.01. The van der Waals surface area contributed by atoms with Crippen LogP contribution in [0.3, 0.4) is 0 Å². The van der Waals surface area contributed by atoms with E-state index < -0.39 is 34.9 Å². The molecule has 0 aliphatic heterocycles. The van der Waals surface area contributed by atoms with E-state index in [-0.39, 0.29) is 5.84 Å². The van der Waals surface area contributed by atoms with Crippen molar-refractivity contribution in [2.45, 2.75) is 31.5 Å². The zero-order valence-electron chi connectivity index (χ0n) is 9.42. The largest absolute Gasteiger partial charge is 0.402 e. The van der Waals surface area contributed by atoms with Gasteiger partial charge in [0.1, 0.15) is 6.54 Å². The predicted octanol–water partition coefficient (Wildman–Crippen LogP) is 0.0774. The molecule has 1 rings (SSSR count). The quantitative estimate of drug-likeness (QED) is 0.425. The van der Waals surface area contributed by atoms with Crippen LogP contribution in [0.2, 0.25) is 0 Å². The Hall–Kier alpha value is -0.870. The highest BCUT2D eigenvalue weighted by molar-refractivity contribution is 7.87. The summed E-state index contributed by atoms with van der Waals surface area (Å²) in [7, 11) is -4.24. The highest BCUT2D eigenvalue weighted by atomic mass is 32.2. The van der Waals surface area contributed by atoms with E-state index in [0.717, 1.165) is 0 Å². The van der Waals surface area contributed by atoms with Gasteiger partial charge in [0.25, 0.3) is 10.2 Å². The summed E-state index contributed by atoms with van der Waals surface area (Å²) >= 11 is 0. The van der Waals surface area contributed by atoms with Crippen molar-refractivity contribution >= 4 is 16.0 Å². The lowest BCUT2D eigenvalue weighted by Gasteiger charge is -2.20. The monoisotopic (exact) mass is 288 g/mol. The lowest BCUT2D eigenvalue weighted by Crippen LogP contribution is -2.48. The number of alkyl halides is 3. The molecule has 0 aromatic carbocycles. The Kier molecular flexibility index (Phi) is 4.56. The second-order valence-corrected chi connectivity index (χ2v) is 5.69. The smallest absolute Gasteiger partial charge is 0.387 e. The van der Waals surface area contributed by atoms with Crippen LogP contribution in [-0.2, 0) is 10.2 Å². The van der Waals surface area contributed by atoms with E-state index in [9.17, 15) is 21.6 Å². The highest BCUT2D eigenvalue weighted by Crippen LogP contribution is 2.25. The molecule has 10 heteroatoms. The molecule has 0 amide bonds. The molecule has 0 bridgehead atoms. The Morgan fingerprint density at radius 1 is 1.39 bits per heavy atom. The molecule has 0 saturated heterocycles. The molecule has 1 aliphatic carbocycles. The molecule has 5 N–H and O–H groups in total. The number of nitrogens with two attached hydrogens (primary N) is 1. The molecule has 2 unspecified atom stereocenters. The molecule has 1 aliphatic rings. The fourth-order valence-electron chi connectivity index (χ4n) is 1.89. The summed E-state index contributed by atoms with van der Waals surface area (Å²) in [6, 6.07) is -0.617. The van der Waals surface area contributed by atoms with Crippen molar-refractivity contribution in [1.82, 2.24) is 9.44 Å². The maximum absolute atomic E-state index is 11.9. The van der Waals surface area contributed by atoms with E-state index in [1.165, 1.54) is 4.72 Å². The minimum Gasteiger partial charge on any atom is -0.387 e. The number of hydrogen-bond acceptors (Lipinski definition) is 3. The topological polar surface area (TPSA) is 108 Å². The van der Waals surface area contributed by atoms with Crippen LogP contribution >= 0.6 is 0 Å². The number of halogens is 3. The summed E-state index contributed by atoms with van der Waals surface area (Å²) in [5.74, 6) is -0.608. The van der Waals surface area contributed by atoms with Gasteiger partial charge in [-0.2, -0.15) is 31.0 Å². The van der Waals surface area contributed by atoms with Crippen LogP contribution < -0.4 is 15.2 Å². The van der Waals surface area contributed by atoms with Gasteiger partial charge < -0.3 is 5.73 Å². The lowest BCUT2D eigenvalue weighted by atomic mass is 10.0. The third-order valence-electron chi connectivity index (χ3n) is 2.68. The minimum atomic E-state index is -4.61. The number of nitrogens with one attached hydrogen (secondary N) is 3. The van der Waals surface area contributed by atoms with Gasteiger partial charge in [-0.25, -0.2) is 0 Å². The summed E-state index contributed by atoms with van der Waals surface area (Å²) in [6.07, 6.45) is -2.92. The molecule has 0 aromatic heterocycles. The van der Waals surface area contributed by atoms with Gasteiger partial charge in [-0.3, -0.25) is 5.41 Å². The van der Waals surface area contributed by atoms with Gasteiger partial charge in [0.15, 0.2) is 0 Å². The molecule has 0 aromatic rings. The summed E-state index contributed by atoms with van der Waals surface area (Å²) in [5, 5.41) is 7.27. The first-order valence-corrected chi connectivity index (χ1v) is 6.76. The van der Waals surface area contributed by atoms with Gasteiger partial charge in [0.05, 0.1) is 5.84 Å². The standard InChI is InChI=1S/C8H15F3N4O2S/c9-8(10,11)4-14-18(16,17)15-6-3-1-2-5(6)7(12)13/h5-6,14-15H,1-4H2,(H3,12,13). The van der Waals surface area contributed by atoms with Crippen LogP contribution in [0.15, 0.2) is 0 Å². The molecule has 0 spiro atoms. The Labute approximate surface area is 103 Å². The van der Waals surface area contributed by atoms with Crippen LogP contribution in [0, 0.1) is 11.3 Å². The van der Waals surface area contributed by atoms with Crippen LogP contribution in [-0.4, -0.2) is 33.0 Å². The molecule has 1 saturated carbocycles. The molecule has 6 nitrogen and oxygen atoms in total. The molecule has 2 atom stereocenters. The molecule has 1 fully saturated rings. The van der Waals surface area contributed by atoms with Crippen molar-refractivity contribution in [1.29, 1.82) is 5.41 Å². The van der Waals surface area contributed by atoms with Gasteiger partial charge in [0.2, 0.25) is 0 Å². The third kappa shape index (κ3) is 4.78. The van der Waals surface area contributed by atoms with Crippen molar-refractivity contribution in [2.75, 3.05) is 6.54 Å². The minimum absolute atomic E-state index is 0.156. The predicted molar refractivity (Wildman–Crippen MR) is 59.2 cm³/mol. The van der Waals surface area contributed by atoms with Crippen LogP contribution in [0.25, 0.3) is 0 Å². The average Bonchev–Trinajstić information content (AvgIpc) is 2.61. The lowest BCUT2D eigenvalue weighted by molar-refractivity contribution is -0.121. The summed E-state index contributed by atoms with van der Waals surface area (Å²) in [4.78, 5) is 0. The second-order valence-electron chi connectivity index (χ2n) is 4.16. The van der Waals surface area contributed by atoms with Gasteiger partial charge in [-0.15, -0.1) is 0 Å². The highest BCUT2D eigenvalue weighted by Gasteiger charge is 2.34. The van der Waals surface area contributed by atoms with E-state index in [0.29, 0.717) is 19.3 Å². The number of amidine groups is 1. The zero-order valence-corrected chi connectivity index (χ0v) is 10.2. The van der Waals surface area contributed by atoms with Gasteiger partial charge in [-0.05, 0) is 12.8 Å². The Morgan fingerprint density at radius 3 is 2.50 bits per heavy atom. The van der Waals surface area contributed by atoms with Gasteiger partial charge >= 0.3 is 6.18 Å². The van der Waals surface area contributed by atoms with Crippen molar-refractivity contribution < 1.29 is 21.6 Å². The second kappa shape index (κ2) is 5.41. The maximum atomic E-state index is 11.9. The van der Waals surface area contributed by atoms with E-state index >= 15 is 0 Å². The van der Waals surface area contributed by atoms with Crippen LogP contribution in [0.5, 0.6) is 0 Å². The van der Waals surface area contributed by atoms with Crippen molar-refractivity contribution in [2.24, 2.45) is 11.7 Å². The van der Waals surface area contributed by atoms with Crippen molar-refractivity contribution in [3.8, 4) is 0 Å². The summed E-state index contributed by atoms with van der Waals surface area (Å²) < 4.78 is 61.9. The molecule has 106 valence electrons. The molecule has 0 heterocycles. The normalized spacial score (nSPS) is 25.3. The van der Waals surface area contributed by atoms with Crippen LogP contribution in [0.1, 0.15) is 19.3 Å². The first kappa shape index (κ1) is 15.2. The molecule has 18 heavy (non-hydrogen) atoms. The Balaban J connectivity index is 2.57. The van der Waals surface area contributed by atoms with E-state index in [1.807, 2.05) is 0 Å². The van der Waals surface area contributed by atoms with Gasteiger partial charge in [-0.1, -0.05) is 6.42 Å². The number of hydrogen-bond donors (Lipinski definition) is 4. The third-order valence-corrected chi connectivity index (χ3v) is 3.82. The fraction of sp³-hybridized carbons (Fsp3) is 0.875. The van der Waals surface area contributed by atoms with E-state index in [1.54, 1.807) is 0 Å². The zero-order chi connectivity index (χ0) is 14.0. The molecular formula is C8H15F3N4O2S. The van der Waals surface area contributed by atoms with Gasteiger partial charge in [0, 0.05) is 12.0 Å². The van der Waals surface area contributed by atoms with E-state index in [2.05, 4.69) is 4.72 Å². The first-order chi connectivity index (χ1) is 8.11. The summed E-state index contributed by atoms with van der Waals surface area (Å²) in [5.41, 5.74) is 5.30. The van der Waals surface area contributed by atoms with Crippen molar-refractivity contribution in [3.05, 3.63) is 0 Å². The average molecular weight is 288 g/mol. The number of rotatable bonds is 5. The molecular weight excluding hydrogens is 273 g/mol. The van der Waals surface area contributed by atoms with Crippen LogP contribution in [0.4, 0.5) is 13.2 Å². The molecule has 0 radical (unpaired) electrons. The van der Waals surface area contributed by atoms with Crippen molar-refractivity contribution in [3.63, 3.8) is 0 Å². The first-order valence-electron chi connectivity index (χ1n) is 5.28. The Bertz CT molecular complexity index is 409. The maximum Gasteiger partial charge on any atom is 0.402 e. The van der Waals surface area contributed by atoms with E-state index in [4.69, 9.17) is 11.1 Å².